The second kappa shape index (κ2) is 9.65. The molecule has 0 fully saturated rings. The van der Waals surface area contributed by atoms with E-state index in [1.54, 1.807) is 12.1 Å². The van der Waals surface area contributed by atoms with E-state index in [4.69, 9.17) is 14.2 Å². The number of carbonyl (C=O) groups is 1. The van der Waals surface area contributed by atoms with Gasteiger partial charge in [0.2, 0.25) is 5.75 Å². The summed E-state index contributed by atoms with van der Waals surface area (Å²) in [5, 5.41) is 6.04. The Kier molecular flexibility index (Phi) is 6.75. The van der Waals surface area contributed by atoms with E-state index >= 15 is 0 Å². The summed E-state index contributed by atoms with van der Waals surface area (Å²) in [7, 11) is 4.57. The van der Waals surface area contributed by atoms with Crippen LogP contribution in [0.1, 0.15) is 11.6 Å². The molecular weight excluding hydrogens is 387 g/mol. The van der Waals surface area contributed by atoms with Gasteiger partial charge < -0.3 is 24.8 Å². The minimum absolute atomic E-state index is 0.304. The van der Waals surface area contributed by atoms with Crippen LogP contribution >= 0.6 is 0 Å². The molecule has 0 saturated heterocycles. The molecule has 1 unspecified atom stereocenters. The molecule has 1 atom stereocenters. The first kappa shape index (κ1) is 21.0. The van der Waals surface area contributed by atoms with Gasteiger partial charge >= 0.3 is 0 Å². The molecule has 0 aliphatic rings. The summed E-state index contributed by atoms with van der Waals surface area (Å²) < 4.78 is 29.3. The summed E-state index contributed by atoms with van der Waals surface area (Å²) >= 11 is 0. The van der Waals surface area contributed by atoms with Gasteiger partial charge in [0.15, 0.2) is 11.5 Å². The Balaban J connectivity index is 1.93. The van der Waals surface area contributed by atoms with Crippen molar-refractivity contribution < 1.29 is 23.4 Å². The lowest BCUT2D eigenvalue weighted by Gasteiger charge is -2.22. The second-order valence-corrected chi connectivity index (χ2v) is 6.40. The van der Waals surface area contributed by atoms with E-state index in [1.165, 1.54) is 45.6 Å². The fourth-order valence-electron chi connectivity index (χ4n) is 3.02. The summed E-state index contributed by atoms with van der Waals surface area (Å²) in [6, 6.07) is 17.6. The number of amides is 1. The molecule has 0 saturated carbocycles. The van der Waals surface area contributed by atoms with Crippen molar-refractivity contribution in [3.05, 3.63) is 78.1 Å². The van der Waals surface area contributed by atoms with Gasteiger partial charge in [-0.25, -0.2) is 4.39 Å². The van der Waals surface area contributed by atoms with Crippen LogP contribution in [-0.2, 0) is 4.79 Å². The number of hydrogen-bond acceptors (Lipinski definition) is 5. The zero-order valence-corrected chi connectivity index (χ0v) is 16.9. The van der Waals surface area contributed by atoms with Crippen LogP contribution in [0.4, 0.5) is 15.8 Å². The zero-order chi connectivity index (χ0) is 21.5. The van der Waals surface area contributed by atoms with Crippen molar-refractivity contribution in [1.29, 1.82) is 0 Å². The maximum atomic E-state index is 13.2. The Labute approximate surface area is 174 Å². The van der Waals surface area contributed by atoms with E-state index in [2.05, 4.69) is 10.6 Å². The van der Waals surface area contributed by atoms with Gasteiger partial charge in [-0.2, -0.15) is 0 Å². The monoisotopic (exact) mass is 410 g/mol. The number of ether oxygens (including phenoxy) is 3. The van der Waals surface area contributed by atoms with Crippen molar-refractivity contribution in [3.63, 3.8) is 0 Å². The normalized spacial score (nSPS) is 11.3. The molecule has 3 rings (SSSR count). The molecule has 0 aliphatic carbocycles. The van der Waals surface area contributed by atoms with Crippen LogP contribution in [0, 0.1) is 5.82 Å². The first-order valence-corrected chi connectivity index (χ1v) is 9.23. The van der Waals surface area contributed by atoms with Gasteiger partial charge in [0.25, 0.3) is 5.91 Å². The minimum atomic E-state index is -0.723. The lowest BCUT2D eigenvalue weighted by molar-refractivity contribution is -0.117. The zero-order valence-electron chi connectivity index (χ0n) is 16.9. The average Bonchev–Trinajstić information content (AvgIpc) is 2.78. The third-order valence-electron chi connectivity index (χ3n) is 4.48. The van der Waals surface area contributed by atoms with Gasteiger partial charge in [0.1, 0.15) is 11.9 Å². The predicted octanol–water partition coefficient (Wildman–Crippen LogP) is 4.64. The summed E-state index contributed by atoms with van der Waals surface area (Å²) in [5.74, 6) is 0.706. The van der Waals surface area contributed by atoms with Crippen molar-refractivity contribution in [2.24, 2.45) is 0 Å². The van der Waals surface area contributed by atoms with Crippen LogP contribution in [0.3, 0.4) is 0 Å². The molecule has 0 heterocycles. The van der Waals surface area contributed by atoms with E-state index in [1.807, 2.05) is 30.3 Å². The van der Waals surface area contributed by atoms with Crippen molar-refractivity contribution in [1.82, 2.24) is 0 Å². The SMILES string of the molecule is COc1cc(NC(C(=O)Nc2ccc(F)cc2)c2ccccc2)cc(OC)c1OC. The van der Waals surface area contributed by atoms with Crippen molar-refractivity contribution in [3.8, 4) is 17.2 Å². The Hall–Kier alpha value is -3.74. The second-order valence-electron chi connectivity index (χ2n) is 6.40. The number of hydrogen-bond donors (Lipinski definition) is 2. The maximum absolute atomic E-state index is 13.2. The number of rotatable bonds is 8. The molecule has 0 spiro atoms. The van der Waals surface area contributed by atoms with Gasteiger partial charge in [0.05, 0.1) is 21.3 Å². The topological polar surface area (TPSA) is 68.8 Å². The summed E-state index contributed by atoms with van der Waals surface area (Å²) in [5.41, 5.74) is 1.85. The van der Waals surface area contributed by atoms with Crippen LogP contribution in [0.2, 0.25) is 0 Å². The van der Waals surface area contributed by atoms with Crippen molar-refractivity contribution in [2.45, 2.75) is 6.04 Å². The number of benzene rings is 3. The highest BCUT2D eigenvalue weighted by Gasteiger charge is 2.22. The summed E-state index contributed by atoms with van der Waals surface area (Å²) in [4.78, 5) is 13.1. The van der Waals surface area contributed by atoms with Crippen molar-refractivity contribution >= 4 is 17.3 Å². The van der Waals surface area contributed by atoms with Crippen LogP contribution in [0.5, 0.6) is 17.2 Å². The Morgan fingerprint density at radius 3 is 1.97 bits per heavy atom. The molecule has 30 heavy (non-hydrogen) atoms. The van der Waals surface area contributed by atoms with Crippen LogP contribution in [0.15, 0.2) is 66.7 Å². The smallest absolute Gasteiger partial charge is 0.251 e. The molecule has 0 radical (unpaired) electrons. The highest BCUT2D eigenvalue weighted by molar-refractivity contribution is 5.97. The molecule has 3 aromatic carbocycles. The molecule has 156 valence electrons. The Morgan fingerprint density at radius 2 is 1.43 bits per heavy atom. The number of halogens is 1. The number of nitrogens with one attached hydrogen (secondary N) is 2. The van der Waals surface area contributed by atoms with Gasteiger partial charge in [-0.1, -0.05) is 30.3 Å². The molecular formula is C23H23FN2O4. The first-order valence-electron chi connectivity index (χ1n) is 9.23. The van der Waals surface area contributed by atoms with E-state index in [0.717, 1.165) is 5.56 Å². The van der Waals surface area contributed by atoms with Gasteiger partial charge in [0, 0.05) is 23.5 Å². The largest absolute Gasteiger partial charge is 0.493 e. The van der Waals surface area contributed by atoms with E-state index < -0.39 is 6.04 Å². The van der Waals surface area contributed by atoms with E-state index in [-0.39, 0.29) is 11.7 Å². The minimum Gasteiger partial charge on any atom is -0.493 e. The molecule has 2 N–H and O–H groups in total. The Morgan fingerprint density at radius 1 is 0.833 bits per heavy atom. The standard InChI is InChI=1S/C23H23FN2O4/c1-28-19-13-18(14-20(29-2)22(19)30-3)25-21(15-7-5-4-6-8-15)23(27)26-17-11-9-16(24)10-12-17/h4-14,21,25H,1-3H3,(H,26,27). The summed E-state index contributed by atoms with van der Waals surface area (Å²) in [6.45, 7) is 0. The van der Waals surface area contributed by atoms with E-state index in [9.17, 15) is 9.18 Å². The van der Waals surface area contributed by atoms with Gasteiger partial charge in [-0.15, -0.1) is 0 Å². The lowest BCUT2D eigenvalue weighted by Crippen LogP contribution is -2.27. The molecule has 0 aromatic heterocycles. The number of carbonyl (C=O) groups excluding carboxylic acids is 1. The highest BCUT2D eigenvalue weighted by atomic mass is 19.1. The van der Waals surface area contributed by atoms with Crippen molar-refractivity contribution in [2.75, 3.05) is 32.0 Å². The van der Waals surface area contributed by atoms with Crippen LogP contribution in [-0.4, -0.2) is 27.2 Å². The van der Waals surface area contributed by atoms with Crippen LogP contribution in [0.25, 0.3) is 0 Å². The number of anilines is 2. The van der Waals surface area contributed by atoms with E-state index in [0.29, 0.717) is 28.6 Å². The molecule has 0 bridgehead atoms. The molecule has 1 amide bonds. The average molecular weight is 410 g/mol. The fourth-order valence-corrected chi connectivity index (χ4v) is 3.02. The maximum Gasteiger partial charge on any atom is 0.251 e. The predicted molar refractivity (Wildman–Crippen MR) is 114 cm³/mol. The third kappa shape index (κ3) is 4.81. The van der Waals surface area contributed by atoms with Crippen LogP contribution < -0.4 is 24.8 Å². The van der Waals surface area contributed by atoms with Gasteiger partial charge in [-0.05, 0) is 29.8 Å². The lowest BCUT2D eigenvalue weighted by atomic mass is 10.1. The summed E-state index contributed by atoms with van der Waals surface area (Å²) in [6.07, 6.45) is 0. The molecule has 7 heteroatoms. The Bertz CT molecular complexity index is 969. The molecule has 6 nitrogen and oxygen atoms in total. The quantitative estimate of drug-likeness (QED) is 0.566. The van der Waals surface area contributed by atoms with Gasteiger partial charge in [-0.3, -0.25) is 4.79 Å². The number of methoxy groups -OCH3 is 3. The first-order chi connectivity index (χ1) is 14.5. The third-order valence-corrected chi connectivity index (χ3v) is 4.48. The molecule has 0 aliphatic heterocycles. The highest BCUT2D eigenvalue weighted by Crippen LogP contribution is 2.40. The fraction of sp³-hybridized carbons (Fsp3) is 0.174. The molecule has 3 aromatic rings.